The van der Waals surface area contributed by atoms with Crippen molar-refractivity contribution in [2.24, 2.45) is 0 Å². The Morgan fingerprint density at radius 1 is 1.04 bits per heavy atom. The number of rotatable bonds is 11. The highest BCUT2D eigenvalue weighted by atomic mass is 16.6. The highest BCUT2D eigenvalue weighted by Crippen LogP contribution is 2.33. The summed E-state index contributed by atoms with van der Waals surface area (Å²) < 4.78 is 16.7. The molecular formula is C21H26O6. The topological polar surface area (TPSA) is 85.2 Å². The van der Waals surface area contributed by atoms with Crippen molar-refractivity contribution >= 4 is 16.7 Å². The first-order valence-corrected chi connectivity index (χ1v) is 8.92. The molecule has 0 heterocycles. The quantitative estimate of drug-likeness (QED) is 0.357. The fraction of sp³-hybridized carbons (Fsp3) is 0.381. The minimum absolute atomic E-state index is 0.0240. The van der Waals surface area contributed by atoms with E-state index in [1.165, 1.54) is 0 Å². The predicted molar refractivity (Wildman–Crippen MR) is 103 cm³/mol. The Hall–Kier alpha value is -2.57. The van der Waals surface area contributed by atoms with Crippen molar-refractivity contribution in [3.05, 3.63) is 48.6 Å². The normalized spacial score (nSPS) is 11.8. The van der Waals surface area contributed by atoms with Gasteiger partial charge >= 0.3 is 5.97 Å². The van der Waals surface area contributed by atoms with Crippen LogP contribution < -0.4 is 9.47 Å². The van der Waals surface area contributed by atoms with Gasteiger partial charge in [0.1, 0.15) is 18.1 Å². The standard InChI is InChI=1S/C21H26O6/c1-15(2)21(24)27-16(13-23)14-26-20-10-9-19(25-12-6-5-11-22)17-7-3-4-8-18(17)20/h3-4,7-10,16,22-23H,1,5-6,11-14H2,2H3. The highest BCUT2D eigenvalue weighted by molar-refractivity contribution is 5.93. The second-order valence-electron chi connectivity index (χ2n) is 6.19. The van der Waals surface area contributed by atoms with Crippen molar-refractivity contribution < 1.29 is 29.2 Å². The van der Waals surface area contributed by atoms with E-state index in [0.29, 0.717) is 18.8 Å². The van der Waals surface area contributed by atoms with Crippen LogP contribution >= 0.6 is 0 Å². The molecule has 2 aromatic carbocycles. The van der Waals surface area contributed by atoms with E-state index in [1.807, 2.05) is 30.3 Å². The molecule has 6 nitrogen and oxygen atoms in total. The molecule has 0 saturated carbocycles. The van der Waals surface area contributed by atoms with E-state index in [0.717, 1.165) is 22.9 Å². The third-order valence-electron chi connectivity index (χ3n) is 3.90. The van der Waals surface area contributed by atoms with Gasteiger partial charge in [0.2, 0.25) is 0 Å². The summed E-state index contributed by atoms with van der Waals surface area (Å²) in [5, 5.41) is 20.0. The van der Waals surface area contributed by atoms with Crippen LogP contribution in [0.3, 0.4) is 0 Å². The molecule has 0 saturated heterocycles. The molecule has 146 valence electrons. The van der Waals surface area contributed by atoms with Crippen molar-refractivity contribution in [2.45, 2.75) is 25.9 Å². The molecule has 27 heavy (non-hydrogen) atoms. The molecule has 2 N–H and O–H groups in total. The molecule has 0 aliphatic heterocycles. The van der Waals surface area contributed by atoms with Gasteiger partial charge in [0, 0.05) is 23.0 Å². The number of benzene rings is 2. The summed E-state index contributed by atoms with van der Waals surface area (Å²) in [6.45, 7) is 5.42. The van der Waals surface area contributed by atoms with Crippen LogP contribution in [0.25, 0.3) is 10.8 Å². The summed E-state index contributed by atoms with van der Waals surface area (Å²) in [5.74, 6) is 0.788. The first-order chi connectivity index (χ1) is 13.1. The van der Waals surface area contributed by atoms with Crippen LogP contribution in [-0.4, -0.2) is 48.7 Å². The number of ether oxygens (including phenoxy) is 3. The van der Waals surface area contributed by atoms with Crippen molar-refractivity contribution in [3.8, 4) is 11.5 Å². The predicted octanol–water partition coefficient (Wildman–Crippen LogP) is 2.85. The number of aliphatic hydroxyl groups excluding tert-OH is 2. The maximum atomic E-state index is 11.6. The van der Waals surface area contributed by atoms with Crippen molar-refractivity contribution in [3.63, 3.8) is 0 Å². The summed E-state index contributed by atoms with van der Waals surface area (Å²) in [5.41, 5.74) is 0.265. The molecule has 0 aliphatic carbocycles. The molecule has 0 bridgehead atoms. The van der Waals surface area contributed by atoms with Gasteiger partial charge in [0.05, 0.1) is 13.2 Å². The van der Waals surface area contributed by atoms with Crippen molar-refractivity contribution in [1.82, 2.24) is 0 Å². The molecule has 2 rings (SSSR count). The first kappa shape index (κ1) is 20.7. The zero-order valence-electron chi connectivity index (χ0n) is 15.5. The fourth-order valence-corrected chi connectivity index (χ4v) is 2.45. The Balaban J connectivity index is 2.10. The molecule has 0 radical (unpaired) electrons. The largest absolute Gasteiger partial charge is 0.493 e. The number of hydrogen-bond donors (Lipinski definition) is 2. The summed E-state index contributed by atoms with van der Waals surface area (Å²) in [6.07, 6.45) is 0.697. The molecule has 0 fully saturated rings. The van der Waals surface area contributed by atoms with Gasteiger partial charge < -0.3 is 24.4 Å². The molecule has 0 spiro atoms. The number of carbonyl (C=O) groups is 1. The number of fused-ring (bicyclic) bond motifs is 1. The minimum atomic E-state index is -0.776. The van der Waals surface area contributed by atoms with Gasteiger partial charge in [-0.05, 0) is 31.9 Å². The Morgan fingerprint density at radius 2 is 1.67 bits per heavy atom. The van der Waals surface area contributed by atoms with Crippen LogP contribution in [0.1, 0.15) is 19.8 Å². The lowest BCUT2D eigenvalue weighted by molar-refractivity contribution is -0.147. The molecular weight excluding hydrogens is 348 g/mol. The summed E-state index contributed by atoms with van der Waals surface area (Å²) in [7, 11) is 0. The van der Waals surface area contributed by atoms with Crippen LogP contribution in [0.2, 0.25) is 0 Å². The van der Waals surface area contributed by atoms with E-state index in [1.54, 1.807) is 13.0 Å². The molecule has 0 aliphatic rings. The van der Waals surface area contributed by atoms with Crippen LogP contribution in [0.15, 0.2) is 48.6 Å². The van der Waals surface area contributed by atoms with Crippen molar-refractivity contribution in [2.75, 3.05) is 26.4 Å². The first-order valence-electron chi connectivity index (χ1n) is 8.92. The lowest BCUT2D eigenvalue weighted by atomic mass is 10.1. The summed E-state index contributed by atoms with van der Waals surface area (Å²) in [4.78, 5) is 11.6. The highest BCUT2D eigenvalue weighted by Gasteiger charge is 2.16. The second-order valence-corrected chi connectivity index (χ2v) is 6.19. The summed E-state index contributed by atoms with van der Waals surface area (Å²) in [6, 6.07) is 11.3. The maximum Gasteiger partial charge on any atom is 0.333 e. The second kappa shape index (κ2) is 10.5. The Kier molecular flexibility index (Phi) is 8.10. The van der Waals surface area contributed by atoms with Gasteiger partial charge in [-0.25, -0.2) is 4.79 Å². The van der Waals surface area contributed by atoms with E-state index in [-0.39, 0.29) is 25.4 Å². The fourth-order valence-electron chi connectivity index (χ4n) is 2.45. The number of aliphatic hydroxyl groups is 2. The lowest BCUT2D eigenvalue weighted by Crippen LogP contribution is -2.28. The number of hydrogen-bond acceptors (Lipinski definition) is 6. The van der Waals surface area contributed by atoms with E-state index < -0.39 is 12.1 Å². The van der Waals surface area contributed by atoms with Crippen LogP contribution in [0, 0.1) is 0 Å². The molecule has 1 atom stereocenters. The van der Waals surface area contributed by atoms with E-state index in [2.05, 4.69) is 6.58 Å². The van der Waals surface area contributed by atoms with Crippen LogP contribution in [0.4, 0.5) is 0 Å². The Morgan fingerprint density at radius 3 is 2.22 bits per heavy atom. The van der Waals surface area contributed by atoms with Gasteiger partial charge in [-0.1, -0.05) is 30.8 Å². The summed E-state index contributed by atoms with van der Waals surface area (Å²) >= 11 is 0. The van der Waals surface area contributed by atoms with Gasteiger partial charge in [0.25, 0.3) is 0 Å². The third-order valence-corrected chi connectivity index (χ3v) is 3.90. The lowest BCUT2D eigenvalue weighted by Gasteiger charge is -2.18. The third kappa shape index (κ3) is 5.98. The maximum absolute atomic E-state index is 11.6. The Bertz CT molecular complexity index is 770. The number of unbranched alkanes of at least 4 members (excludes halogenated alkanes) is 1. The Labute approximate surface area is 159 Å². The van der Waals surface area contributed by atoms with Gasteiger partial charge in [-0.3, -0.25) is 0 Å². The average molecular weight is 374 g/mol. The average Bonchev–Trinajstić information content (AvgIpc) is 2.68. The van der Waals surface area contributed by atoms with Crippen LogP contribution in [-0.2, 0) is 9.53 Å². The number of esters is 1. The van der Waals surface area contributed by atoms with E-state index in [4.69, 9.17) is 19.3 Å². The van der Waals surface area contributed by atoms with E-state index >= 15 is 0 Å². The molecule has 2 aromatic rings. The molecule has 0 aromatic heterocycles. The number of carbonyl (C=O) groups excluding carboxylic acids is 1. The van der Waals surface area contributed by atoms with Gasteiger partial charge in [-0.15, -0.1) is 0 Å². The smallest absolute Gasteiger partial charge is 0.333 e. The SMILES string of the molecule is C=C(C)C(=O)OC(CO)COc1ccc(OCCCCO)c2ccccc12. The molecule has 1 unspecified atom stereocenters. The molecule has 0 amide bonds. The zero-order chi connectivity index (χ0) is 19.6. The van der Waals surface area contributed by atoms with E-state index in [9.17, 15) is 9.90 Å². The zero-order valence-corrected chi connectivity index (χ0v) is 15.5. The van der Waals surface area contributed by atoms with Gasteiger partial charge in [0.15, 0.2) is 6.10 Å². The van der Waals surface area contributed by atoms with Gasteiger partial charge in [-0.2, -0.15) is 0 Å². The van der Waals surface area contributed by atoms with Crippen molar-refractivity contribution in [1.29, 1.82) is 0 Å². The van der Waals surface area contributed by atoms with Crippen LogP contribution in [0.5, 0.6) is 11.5 Å². The molecule has 6 heteroatoms. The minimum Gasteiger partial charge on any atom is -0.493 e. The monoisotopic (exact) mass is 374 g/mol.